The van der Waals surface area contributed by atoms with E-state index in [0.29, 0.717) is 33.8 Å². The van der Waals surface area contributed by atoms with Gasteiger partial charge in [0.1, 0.15) is 23.2 Å². The summed E-state index contributed by atoms with van der Waals surface area (Å²) in [5, 5.41) is 13.7. The molecule has 0 unspecified atom stereocenters. The largest absolute Gasteiger partial charge is 0.484 e. The summed E-state index contributed by atoms with van der Waals surface area (Å²) in [7, 11) is 1.28. The molecule has 0 aliphatic heterocycles. The monoisotopic (exact) mass is 496 g/mol. The quantitative estimate of drug-likeness (QED) is 0.252. The second kappa shape index (κ2) is 11.1. The number of esters is 1. The Morgan fingerprint density at radius 1 is 1.38 bits per heavy atom. The predicted molar refractivity (Wildman–Crippen MR) is 121 cm³/mol. The lowest BCUT2D eigenvalue weighted by atomic mass is 10.3. The standard InChI is InChI=1S/C20H18ClFN4O4S2/c1-3-7-26-16(10-30-15-5-4-12(22)9-14(15)21)24-25-20(26)32-11-17(27)23-18-13(6-8-31-18)19(28)29-2/h3-6,8-9H,1,7,10-11H2,2H3,(H,23,27). The number of benzene rings is 1. The molecule has 0 fully saturated rings. The maximum absolute atomic E-state index is 13.2. The van der Waals surface area contributed by atoms with Gasteiger partial charge in [0.2, 0.25) is 5.91 Å². The lowest BCUT2D eigenvalue weighted by molar-refractivity contribution is -0.113. The summed E-state index contributed by atoms with van der Waals surface area (Å²) in [6.45, 7) is 4.16. The zero-order valence-electron chi connectivity index (χ0n) is 16.8. The van der Waals surface area contributed by atoms with E-state index in [2.05, 4.69) is 22.1 Å². The van der Waals surface area contributed by atoms with Crippen LogP contribution in [0.5, 0.6) is 5.75 Å². The molecule has 0 spiro atoms. The minimum Gasteiger partial charge on any atom is -0.484 e. The van der Waals surface area contributed by atoms with E-state index in [0.717, 1.165) is 6.07 Å². The number of carbonyl (C=O) groups excluding carboxylic acids is 2. The van der Waals surface area contributed by atoms with Crippen LogP contribution in [-0.4, -0.2) is 39.5 Å². The molecule has 0 saturated heterocycles. The van der Waals surface area contributed by atoms with Crippen LogP contribution < -0.4 is 10.1 Å². The van der Waals surface area contributed by atoms with Gasteiger partial charge in [-0.2, -0.15) is 0 Å². The molecule has 2 aromatic heterocycles. The van der Waals surface area contributed by atoms with Gasteiger partial charge < -0.3 is 14.8 Å². The van der Waals surface area contributed by atoms with Crippen molar-refractivity contribution in [3.63, 3.8) is 0 Å². The fourth-order valence-electron chi connectivity index (χ4n) is 2.55. The molecule has 8 nitrogen and oxygen atoms in total. The summed E-state index contributed by atoms with van der Waals surface area (Å²) in [5.74, 6) is -0.460. The van der Waals surface area contributed by atoms with Crippen LogP contribution in [0, 0.1) is 5.82 Å². The summed E-state index contributed by atoms with van der Waals surface area (Å²) in [5.41, 5.74) is 0.296. The number of anilines is 1. The van der Waals surface area contributed by atoms with Gasteiger partial charge in [0, 0.05) is 6.54 Å². The van der Waals surface area contributed by atoms with Crippen LogP contribution in [0.4, 0.5) is 9.39 Å². The highest BCUT2D eigenvalue weighted by molar-refractivity contribution is 7.99. The first-order valence-electron chi connectivity index (χ1n) is 9.12. The number of ether oxygens (including phenoxy) is 2. The molecule has 3 rings (SSSR count). The second-order valence-electron chi connectivity index (χ2n) is 6.15. The van der Waals surface area contributed by atoms with Gasteiger partial charge >= 0.3 is 5.97 Å². The van der Waals surface area contributed by atoms with Gasteiger partial charge in [-0.1, -0.05) is 29.4 Å². The van der Waals surface area contributed by atoms with Gasteiger partial charge in [0.25, 0.3) is 0 Å². The molecule has 1 amide bonds. The minimum atomic E-state index is -0.522. The van der Waals surface area contributed by atoms with Crippen molar-refractivity contribution in [1.29, 1.82) is 0 Å². The molecule has 1 aromatic carbocycles. The summed E-state index contributed by atoms with van der Waals surface area (Å²) in [6, 6.07) is 5.41. The first-order chi connectivity index (χ1) is 15.4. The predicted octanol–water partition coefficient (Wildman–Crippen LogP) is 4.41. The molecule has 3 aromatic rings. The van der Waals surface area contributed by atoms with E-state index in [9.17, 15) is 14.0 Å². The number of nitrogens with zero attached hydrogens (tertiary/aromatic N) is 3. The maximum atomic E-state index is 13.2. The SMILES string of the molecule is C=CCn1c(COc2ccc(F)cc2Cl)nnc1SCC(=O)Nc1sccc1C(=O)OC. The number of carbonyl (C=O) groups is 2. The Labute approximate surface area is 196 Å². The third-order valence-electron chi connectivity index (χ3n) is 4.01. The van der Waals surface area contributed by atoms with Crippen molar-refractivity contribution in [2.75, 3.05) is 18.2 Å². The van der Waals surface area contributed by atoms with Crippen molar-refractivity contribution < 1.29 is 23.5 Å². The molecule has 12 heteroatoms. The third-order valence-corrected chi connectivity index (χ3v) is 6.10. The number of hydrogen-bond donors (Lipinski definition) is 1. The zero-order valence-corrected chi connectivity index (χ0v) is 19.2. The highest BCUT2D eigenvalue weighted by atomic mass is 35.5. The molecule has 0 atom stereocenters. The fourth-order valence-corrected chi connectivity index (χ4v) is 4.33. The number of amides is 1. The topological polar surface area (TPSA) is 95.3 Å². The van der Waals surface area contributed by atoms with E-state index < -0.39 is 11.8 Å². The van der Waals surface area contributed by atoms with Gasteiger partial charge in [-0.15, -0.1) is 28.1 Å². The molecule has 0 radical (unpaired) electrons. The van der Waals surface area contributed by atoms with Gasteiger partial charge in [-0.25, -0.2) is 9.18 Å². The number of aromatic nitrogens is 3. The number of nitrogens with one attached hydrogen (secondary N) is 1. The van der Waals surface area contributed by atoms with E-state index in [4.69, 9.17) is 21.1 Å². The van der Waals surface area contributed by atoms with Crippen LogP contribution in [0.2, 0.25) is 5.02 Å². The lowest BCUT2D eigenvalue weighted by Crippen LogP contribution is -2.16. The number of allylic oxidation sites excluding steroid dienone is 1. The number of methoxy groups -OCH3 is 1. The van der Waals surface area contributed by atoms with Gasteiger partial charge in [-0.3, -0.25) is 9.36 Å². The van der Waals surface area contributed by atoms with Crippen LogP contribution in [0.3, 0.4) is 0 Å². The first-order valence-corrected chi connectivity index (χ1v) is 11.4. The van der Waals surface area contributed by atoms with E-state index >= 15 is 0 Å². The minimum absolute atomic E-state index is 0.0383. The van der Waals surface area contributed by atoms with Crippen LogP contribution in [0.25, 0.3) is 0 Å². The molecular weight excluding hydrogens is 479 g/mol. The summed E-state index contributed by atoms with van der Waals surface area (Å²) in [6.07, 6.45) is 1.66. The Kier molecular flexibility index (Phi) is 8.26. The number of thiophene rings is 1. The normalized spacial score (nSPS) is 10.6. The zero-order chi connectivity index (χ0) is 23.1. The lowest BCUT2D eigenvalue weighted by Gasteiger charge is -2.10. The third kappa shape index (κ3) is 5.87. The Balaban J connectivity index is 1.63. The van der Waals surface area contributed by atoms with Crippen molar-refractivity contribution in [3.8, 4) is 5.75 Å². The van der Waals surface area contributed by atoms with E-state index in [1.165, 1.54) is 42.3 Å². The van der Waals surface area contributed by atoms with Gasteiger partial charge in [-0.05, 0) is 29.6 Å². The van der Waals surface area contributed by atoms with Crippen LogP contribution >= 0.6 is 34.7 Å². The Bertz CT molecular complexity index is 1130. The van der Waals surface area contributed by atoms with E-state index in [1.54, 1.807) is 22.1 Å². The second-order valence-corrected chi connectivity index (χ2v) is 8.42. The highest BCUT2D eigenvalue weighted by Gasteiger charge is 2.18. The van der Waals surface area contributed by atoms with Crippen LogP contribution in [0.15, 0.2) is 47.5 Å². The number of halogens is 2. The molecule has 0 aliphatic carbocycles. The summed E-state index contributed by atoms with van der Waals surface area (Å²) in [4.78, 5) is 24.1. The van der Waals surface area contributed by atoms with Crippen LogP contribution in [-0.2, 0) is 22.7 Å². The van der Waals surface area contributed by atoms with E-state index in [-0.39, 0.29) is 23.3 Å². The van der Waals surface area contributed by atoms with Crippen molar-refractivity contribution in [3.05, 3.63) is 64.5 Å². The Hall–Kier alpha value is -2.89. The molecule has 2 heterocycles. The molecule has 1 N–H and O–H groups in total. The molecular formula is C20H18ClFN4O4S2. The summed E-state index contributed by atoms with van der Waals surface area (Å²) >= 11 is 8.38. The average molecular weight is 497 g/mol. The van der Waals surface area contributed by atoms with Crippen molar-refractivity contribution in [2.24, 2.45) is 0 Å². The Morgan fingerprint density at radius 3 is 2.91 bits per heavy atom. The molecule has 0 bridgehead atoms. The van der Waals surface area contributed by atoms with Crippen molar-refractivity contribution in [2.45, 2.75) is 18.3 Å². The fraction of sp³-hybridized carbons (Fsp3) is 0.200. The number of thioether (sulfide) groups is 1. The molecule has 0 saturated carbocycles. The maximum Gasteiger partial charge on any atom is 0.340 e. The van der Waals surface area contributed by atoms with Gasteiger partial charge in [0.15, 0.2) is 11.0 Å². The highest BCUT2D eigenvalue weighted by Crippen LogP contribution is 2.27. The number of hydrogen-bond acceptors (Lipinski definition) is 8. The smallest absolute Gasteiger partial charge is 0.340 e. The molecule has 32 heavy (non-hydrogen) atoms. The Morgan fingerprint density at radius 2 is 2.19 bits per heavy atom. The average Bonchev–Trinajstić information content (AvgIpc) is 3.38. The molecule has 0 aliphatic rings. The van der Waals surface area contributed by atoms with Crippen molar-refractivity contribution >= 4 is 51.6 Å². The van der Waals surface area contributed by atoms with Crippen LogP contribution in [0.1, 0.15) is 16.2 Å². The summed E-state index contributed by atoms with van der Waals surface area (Å²) < 4.78 is 25.3. The molecule has 168 valence electrons. The van der Waals surface area contributed by atoms with Crippen molar-refractivity contribution in [1.82, 2.24) is 14.8 Å². The van der Waals surface area contributed by atoms with Gasteiger partial charge in [0.05, 0.1) is 23.4 Å². The van der Waals surface area contributed by atoms with E-state index in [1.807, 2.05) is 0 Å². The first kappa shape index (κ1) is 23.8. The number of rotatable bonds is 10.